The van der Waals surface area contributed by atoms with Crippen LogP contribution in [-0.4, -0.2) is 27.0 Å². The number of benzene rings is 2. The second kappa shape index (κ2) is 8.31. The lowest BCUT2D eigenvalue weighted by Gasteiger charge is -2.11. The molecule has 0 bridgehead atoms. The summed E-state index contributed by atoms with van der Waals surface area (Å²) in [5, 5.41) is 13.8. The van der Waals surface area contributed by atoms with Crippen molar-refractivity contribution < 1.29 is 14.3 Å². The summed E-state index contributed by atoms with van der Waals surface area (Å²) in [6.45, 7) is 3.90. The normalized spacial score (nSPS) is 11.6. The summed E-state index contributed by atoms with van der Waals surface area (Å²) in [5.41, 5.74) is 1.30. The van der Waals surface area contributed by atoms with Gasteiger partial charge in [-0.1, -0.05) is 41.9 Å². The third-order valence-corrected chi connectivity index (χ3v) is 5.19. The zero-order valence-corrected chi connectivity index (χ0v) is 18.3. The van der Waals surface area contributed by atoms with E-state index in [1.165, 1.54) is 23.0 Å². The van der Waals surface area contributed by atoms with Crippen molar-refractivity contribution in [1.82, 2.24) is 9.66 Å². The molecule has 7 nitrogen and oxygen atoms in total. The zero-order chi connectivity index (χ0) is 22.1. The van der Waals surface area contributed by atoms with Crippen LogP contribution in [-0.2, 0) is 0 Å². The predicted octanol–water partition coefficient (Wildman–Crippen LogP) is 5.12. The van der Waals surface area contributed by atoms with Crippen LogP contribution in [0.25, 0.3) is 22.2 Å². The van der Waals surface area contributed by atoms with Crippen molar-refractivity contribution in [3.63, 3.8) is 0 Å². The molecule has 4 rings (SSSR count). The van der Waals surface area contributed by atoms with Crippen LogP contribution >= 0.6 is 15.9 Å². The Bertz CT molecular complexity index is 1370. The van der Waals surface area contributed by atoms with E-state index in [0.29, 0.717) is 28.2 Å². The van der Waals surface area contributed by atoms with Crippen LogP contribution in [0.5, 0.6) is 0 Å². The molecule has 31 heavy (non-hydrogen) atoms. The summed E-state index contributed by atoms with van der Waals surface area (Å²) in [5.74, 6) is 0.565. The highest BCUT2D eigenvalue weighted by Crippen LogP contribution is 2.23. The molecule has 2 aromatic heterocycles. The molecule has 156 valence electrons. The number of fused-ring (bicyclic) bond motifs is 1. The summed E-state index contributed by atoms with van der Waals surface area (Å²) in [6, 6.07) is 15.3. The first kappa shape index (κ1) is 20.7. The Labute approximate surface area is 185 Å². The van der Waals surface area contributed by atoms with Crippen molar-refractivity contribution in [2.24, 2.45) is 5.10 Å². The van der Waals surface area contributed by atoms with Gasteiger partial charge in [-0.2, -0.15) is 9.78 Å². The maximum atomic E-state index is 13.1. The molecular formula is C23H18BrN3O4. The van der Waals surface area contributed by atoms with Gasteiger partial charge in [-0.3, -0.25) is 4.79 Å². The molecule has 0 spiro atoms. The van der Waals surface area contributed by atoms with Crippen molar-refractivity contribution in [2.45, 2.75) is 19.8 Å². The van der Waals surface area contributed by atoms with Crippen LogP contribution in [0.4, 0.5) is 0 Å². The minimum Gasteiger partial charge on any atom is -0.478 e. The van der Waals surface area contributed by atoms with Gasteiger partial charge in [-0.05, 0) is 42.5 Å². The van der Waals surface area contributed by atoms with Gasteiger partial charge >= 0.3 is 5.97 Å². The Morgan fingerprint density at radius 2 is 1.90 bits per heavy atom. The van der Waals surface area contributed by atoms with E-state index in [4.69, 9.17) is 9.52 Å². The summed E-state index contributed by atoms with van der Waals surface area (Å²) in [6.07, 6.45) is 1.47. The lowest BCUT2D eigenvalue weighted by Crippen LogP contribution is -2.23. The van der Waals surface area contributed by atoms with E-state index < -0.39 is 5.97 Å². The first-order chi connectivity index (χ1) is 14.8. The maximum Gasteiger partial charge on any atom is 0.335 e. The Kier molecular flexibility index (Phi) is 5.56. The zero-order valence-electron chi connectivity index (χ0n) is 16.7. The number of halogens is 1. The van der Waals surface area contributed by atoms with Crippen molar-refractivity contribution in [2.75, 3.05) is 0 Å². The smallest absolute Gasteiger partial charge is 0.335 e. The maximum absolute atomic E-state index is 13.1. The van der Waals surface area contributed by atoms with E-state index in [1.54, 1.807) is 36.4 Å². The van der Waals surface area contributed by atoms with Gasteiger partial charge < -0.3 is 9.52 Å². The number of rotatable bonds is 5. The molecule has 0 saturated carbocycles. The molecule has 0 radical (unpaired) electrons. The number of carboxylic acid groups (broad SMARTS) is 1. The van der Waals surface area contributed by atoms with Gasteiger partial charge in [0.1, 0.15) is 17.3 Å². The Hall–Kier alpha value is -3.52. The highest BCUT2D eigenvalue weighted by molar-refractivity contribution is 9.10. The molecule has 0 amide bonds. The molecular weight excluding hydrogens is 462 g/mol. The summed E-state index contributed by atoms with van der Waals surface area (Å²) in [7, 11) is 0. The third-order valence-electron chi connectivity index (χ3n) is 4.69. The topological polar surface area (TPSA) is 97.7 Å². The summed E-state index contributed by atoms with van der Waals surface area (Å²) >= 11 is 3.39. The van der Waals surface area contributed by atoms with Crippen LogP contribution in [0.3, 0.4) is 0 Å². The first-order valence-corrected chi connectivity index (χ1v) is 10.3. The van der Waals surface area contributed by atoms with Crippen LogP contribution in [0.15, 0.2) is 73.4 Å². The van der Waals surface area contributed by atoms with E-state index >= 15 is 0 Å². The van der Waals surface area contributed by atoms with Crippen molar-refractivity contribution in [1.29, 1.82) is 0 Å². The van der Waals surface area contributed by atoms with Gasteiger partial charge in [0.15, 0.2) is 0 Å². The molecule has 0 aliphatic carbocycles. The number of nitrogens with zero attached hydrogens (tertiary/aromatic N) is 3. The van der Waals surface area contributed by atoms with E-state index in [-0.39, 0.29) is 17.0 Å². The number of aromatic carboxylic acids is 1. The minimum absolute atomic E-state index is 0.0159. The second-order valence-electron chi connectivity index (χ2n) is 7.23. The third kappa shape index (κ3) is 4.20. The minimum atomic E-state index is -0.985. The molecule has 2 heterocycles. The summed E-state index contributed by atoms with van der Waals surface area (Å²) in [4.78, 5) is 28.7. The van der Waals surface area contributed by atoms with Crippen LogP contribution in [0, 0.1) is 0 Å². The molecule has 0 saturated heterocycles. The lowest BCUT2D eigenvalue weighted by atomic mass is 10.1. The number of carboxylic acids is 1. The monoisotopic (exact) mass is 479 g/mol. The average molecular weight is 480 g/mol. The van der Waals surface area contributed by atoms with Gasteiger partial charge in [0.2, 0.25) is 0 Å². The number of carbonyl (C=O) groups is 1. The highest BCUT2D eigenvalue weighted by Gasteiger charge is 2.14. The largest absolute Gasteiger partial charge is 0.478 e. The van der Waals surface area contributed by atoms with E-state index in [1.807, 2.05) is 19.9 Å². The lowest BCUT2D eigenvalue weighted by molar-refractivity contribution is 0.0697. The fourth-order valence-electron chi connectivity index (χ4n) is 3.12. The molecule has 2 aromatic carbocycles. The fraction of sp³-hybridized carbons (Fsp3) is 0.130. The molecule has 0 aliphatic heterocycles. The van der Waals surface area contributed by atoms with Crippen molar-refractivity contribution in [3.05, 3.63) is 86.6 Å². The SMILES string of the molecule is CC(C)c1nc2ccc(Br)cc2c(=O)n1N=Cc1ccc(-c2ccc(C(=O)O)cc2)o1. The Morgan fingerprint density at radius 3 is 2.58 bits per heavy atom. The van der Waals surface area contributed by atoms with Crippen LogP contribution < -0.4 is 5.56 Å². The van der Waals surface area contributed by atoms with Crippen molar-refractivity contribution in [3.8, 4) is 11.3 Å². The van der Waals surface area contributed by atoms with Crippen LogP contribution in [0.1, 0.15) is 41.7 Å². The molecule has 1 N–H and O–H groups in total. The second-order valence-corrected chi connectivity index (χ2v) is 8.15. The van der Waals surface area contributed by atoms with Gasteiger partial charge in [-0.15, -0.1) is 0 Å². The average Bonchev–Trinajstić information content (AvgIpc) is 3.22. The fourth-order valence-corrected chi connectivity index (χ4v) is 3.48. The van der Waals surface area contributed by atoms with Gasteiger partial charge in [0.05, 0.1) is 22.7 Å². The molecule has 0 atom stereocenters. The van der Waals surface area contributed by atoms with E-state index in [2.05, 4.69) is 26.0 Å². The Balaban J connectivity index is 1.70. The number of hydrogen-bond donors (Lipinski definition) is 1. The molecule has 0 aliphatic rings. The van der Waals surface area contributed by atoms with Gasteiger partial charge in [0, 0.05) is 16.0 Å². The first-order valence-electron chi connectivity index (χ1n) is 9.53. The van der Waals surface area contributed by atoms with E-state index in [9.17, 15) is 9.59 Å². The van der Waals surface area contributed by atoms with Gasteiger partial charge in [-0.25, -0.2) is 9.78 Å². The Morgan fingerprint density at radius 1 is 1.16 bits per heavy atom. The standard InChI is InChI=1S/C23H18BrN3O4/c1-13(2)21-26-19-9-7-16(24)11-18(19)22(28)27(21)25-12-17-8-10-20(31-17)14-3-5-15(6-4-14)23(29)30/h3-13H,1-2H3,(H,29,30). The molecule has 8 heteroatoms. The molecule has 0 unspecified atom stereocenters. The number of hydrogen-bond acceptors (Lipinski definition) is 5. The quantitative estimate of drug-likeness (QED) is 0.400. The molecule has 4 aromatic rings. The van der Waals surface area contributed by atoms with Crippen molar-refractivity contribution >= 4 is 39.0 Å². The van der Waals surface area contributed by atoms with E-state index in [0.717, 1.165) is 10.0 Å². The number of furan rings is 1. The molecule has 0 fully saturated rings. The summed E-state index contributed by atoms with van der Waals surface area (Å²) < 4.78 is 7.88. The van der Waals surface area contributed by atoms with Gasteiger partial charge in [0.25, 0.3) is 5.56 Å². The van der Waals surface area contributed by atoms with Crippen LogP contribution in [0.2, 0.25) is 0 Å². The number of aromatic nitrogens is 2. The highest BCUT2D eigenvalue weighted by atomic mass is 79.9. The predicted molar refractivity (Wildman–Crippen MR) is 122 cm³/mol.